The average molecular weight is 487 g/mol. The SMILES string of the molecule is CCC#Cc1ccc(C2CC3(C)C(O)CCC3C3CCC4CC5(CCC4=C23)CCC(C)(C)CO5)cc1. The first kappa shape index (κ1) is 24.8. The Morgan fingerprint density at radius 2 is 1.78 bits per heavy atom. The summed E-state index contributed by atoms with van der Waals surface area (Å²) in [6.07, 6.45) is 12.8. The van der Waals surface area contributed by atoms with E-state index in [9.17, 15) is 5.11 Å². The van der Waals surface area contributed by atoms with Crippen molar-refractivity contribution >= 4 is 0 Å². The lowest BCUT2D eigenvalue weighted by atomic mass is 9.51. The summed E-state index contributed by atoms with van der Waals surface area (Å²) in [6.45, 7) is 10.2. The van der Waals surface area contributed by atoms with Crippen molar-refractivity contribution in [2.75, 3.05) is 6.61 Å². The van der Waals surface area contributed by atoms with Crippen molar-refractivity contribution in [2.45, 2.75) is 116 Å². The van der Waals surface area contributed by atoms with Gasteiger partial charge >= 0.3 is 0 Å². The predicted octanol–water partition coefficient (Wildman–Crippen LogP) is 7.79. The number of benzene rings is 1. The highest BCUT2D eigenvalue weighted by atomic mass is 16.5. The molecule has 1 spiro atoms. The van der Waals surface area contributed by atoms with Crippen LogP contribution < -0.4 is 0 Å². The summed E-state index contributed by atoms with van der Waals surface area (Å²) in [5.41, 5.74) is 6.65. The van der Waals surface area contributed by atoms with E-state index in [0.29, 0.717) is 29.1 Å². The molecule has 4 fully saturated rings. The monoisotopic (exact) mass is 486 g/mol. The number of rotatable bonds is 1. The molecule has 7 atom stereocenters. The van der Waals surface area contributed by atoms with Gasteiger partial charge in [-0.15, -0.1) is 0 Å². The van der Waals surface area contributed by atoms with Crippen LogP contribution in [-0.2, 0) is 4.74 Å². The van der Waals surface area contributed by atoms with Gasteiger partial charge in [0.25, 0.3) is 0 Å². The Balaban J connectivity index is 1.36. The summed E-state index contributed by atoms with van der Waals surface area (Å²) in [7, 11) is 0. The molecule has 36 heavy (non-hydrogen) atoms. The number of ether oxygens (including phenoxy) is 1. The summed E-state index contributed by atoms with van der Waals surface area (Å²) >= 11 is 0. The van der Waals surface area contributed by atoms with E-state index in [4.69, 9.17) is 4.74 Å². The molecule has 7 unspecified atom stereocenters. The fourth-order valence-corrected chi connectivity index (χ4v) is 9.02. The van der Waals surface area contributed by atoms with Crippen LogP contribution in [0.1, 0.15) is 115 Å². The third-order valence-corrected chi connectivity index (χ3v) is 11.2. The molecule has 1 aromatic rings. The van der Waals surface area contributed by atoms with Gasteiger partial charge in [-0.1, -0.05) is 62.8 Å². The van der Waals surface area contributed by atoms with E-state index in [1.807, 2.05) is 0 Å². The largest absolute Gasteiger partial charge is 0.393 e. The van der Waals surface area contributed by atoms with Gasteiger partial charge in [0.2, 0.25) is 0 Å². The Labute approximate surface area is 219 Å². The maximum absolute atomic E-state index is 11.2. The molecule has 0 amide bonds. The van der Waals surface area contributed by atoms with Gasteiger partial charge in [0, 0.05) is 17.9 Å². The van der Waals surface area contributed by atoms with Gasteiger partial charge in [0.15, 0.2) is 0 Å². The molecule has 1 saturated heterocycles. The molecule has 1 aromatic carbocycles. The van der Waals surface area contributed by atoms with E-state index < -0.39 is 0 Å². The Hall–Kier alpha value is -1.56. The Morgan fingerprint density at radius 3 is 2.50 bits per heavy atom. The number of aliphatic hydroxyl groups excluding tert-OH is 1. The second-order valence-electron chi connectivity index (χ2n) is 13.9. The molecule has 0 aromatic heterocycles. The van der Waals surface area contributed by atoms with Crippen molar-refractivity contribution in [1.82, 2.24) is 0 Å². The Bertz CT molecular complexity index is 1070. The van der Waals surface area contributed by atoms with Gasteiger partial charge < -0.3 is 9.84 Å². The van der Waals surface area contributed by atoms with E-state index >= 15 is 0 Å². The zero-order chi connectivity index (χ0) is 25.1. The first-order chi connectivity index (χ1) is 17.2. The standard InChI is InChI=1S/C34H46O2/c1-5-6-7-23-8-10-24(11-9-23)28-21-33(4)29(14-15-30(33)35)27-13-12-25-20-34(17-16-26(25)31(27)28)19-18-32(2,3)22-36-34/h8-11,25,27-30,35H,5,12-22H2,1-4H3. The minimum Gasteiger partial charge on any atom is -0.393 e. The maximum atomic E-state index is 11.2. The highest BCUT2D eigenvalue weighted by Crippen LogP contribution is 2.65. The van der Waals surface area contributed by atoms with Crippen LogP contribution in [0.2, 0.25) is 0 Å². The van der Waals surface area contributed by atoms with E-state index in [0.717, 1.165) is 31.4 Å². The van der Waals surface area contributed by atoms with Gasteiger partial charge in [-0.25, -0.2) is 0 Å². The fourth-order valence-electron chi connectivity index (χ4n) is 9.02. The minimum atomic E-state index is -0.155. The van der Waals surface area contributed by atoms with Crippen LogP contribution in [0.15, 0.2) is 35.4 Å². The minimum absolute atomic E-state index is 0.0425. The van der Waals surface area contributed by atoms with E-state index in [1.54, 1.807) is 11.1 Å². The van der Waals surface area contributed by atoms with Crippen LogP contribution in [0.5, 0.6) is 0 Å². The molecule has 0 radical (unpaired) electrons. The molecule has 1 heterocycles. The number of fused-ring (bicyclic) bond motifs is 4. The second kappa shape index (κ2) is 9.03. The van der Waals surface area contributed by atoms with Crippen molar-refractivity contribution in [3.63, 3.8) is 0 Å². The molecule has 2 nitrogen and oxygen atoms in total. The van der Waals surface area contributed by atoms with Crippen LogP contribution in [0, 0.1) is 40.4 Å². The second-order valence-corrected chi connectivity index (χ2v) is 13.9. The van der Waals surface area contributed by atoms with Gasteiger partial charge in [0.1, 0.15) is 0 Å². The molecule has 2 heteroatoms. The molecule has 4 aliphatic carbocycles. The lowest BCUT2D eigenvalue weighted by Crippen LogP contribution is -2.49. The molecule has 0 bridgehead atoms. The normalized spacial score (nSPS) is 41.2. The van der Waals surface area contributed by atoms with Gasteiger partial charge in [-0.05, 0) is 110 Å². The molecule has 1 aliphatic heterocycles. The van der Waals surface area contributed by atoms with Crippen molar-refractivity contribution in [3.05, 3.63) is 46.5 Å². The van der Waals surface area contributed by atoms with Crippen LogP contribution in [0.4, 0.5) is 0 Å². The van der Waals surface area contributed by atoms with Crippen LogP contribution in [0.25, 0.3) is 0 Å². The quantitative estimate of drug-likeness (QED) is 0.324. The lowest BCUT2D eigenvalue weighted by Gasteiger charge is -2.55. The van der Waals surface area contributed by atoms with Gasteiger partial charge in [-0.3, -0.25) is 0 Å². The smallest absolute Gasteiger partial charge is 0.0691 e. The Kier molecular flexibility index (Phi) is 6.21. The first-order valence-electron chi connectivity index (χ1n) is 14.9. The third-order valence-electron chi connectivity index (χ3n) is 11.2. The highest BCUT2D eigenvalue weighted by Gasteiger charge is 2.57. The van der Waals surface area contributed by atoms with E-state index in [-0.39, 0.29) is 17.1 Å². The first-order valence-corrected chi connectivity index (χ1v) is 14.9. The third kappa shape index (κ3) is 4.10. The van der Waals surface area contributed by atoms with Crippen LogP contribution in [0.3, 0.4) is 0 Å². The number of hydrogen-bond acceptors (Lipinski definition) is 2. The molecule has 6 rings (SSSR count). The van der Waals surface area contributed by atoms with Crippen LogP contribution in [-0.4, -0.2) is 23.4 Å². The average Bonchev–Trinajstić information content (AvgIpc) is 3.18. The zero-order valence-electron chi connectivity index (χ0n) is 23.0. The molecular weight excluding hydrogens is 440 g/mol. The van der Waals surface area contributed by atoms with E-state index in [1.165, 1.54) is 56.9 Å². The van der Waals surface area contributed by atoms with Crippen LogP contribution >= 0.6 is 0 Å². The summed E-state index contributed by atoms with van der Waals surface area (Å²) in [5.74, 6) is 8.94. The van der Waals surface area contributed by atoms with Crippen molar-refractivity contribution in [1.29, 1.82) is 0 Å². The molecule has 194 valence electrons. The van der Waals surface area contributed by atoms with Crippen molar-refractivity contribution in [3.8, 4) is 11.8 Å². The summed E-state index contributed by atoms with van der Waals surface area (Å²) in [4.78, 5) is 0. The summed E-state index contributed by atoms with van der Waals surface area (Å²) < 4.78 is 6.69. The number of aliphatic hydroxyl groups is 1. The molecule has 5 aliphatic rings. The number of hydrogen-bond donors (Lipinski definition) is 1. The highest BCUT2D eigenvalue weighted by molar-refractivity contribution is 5.44. The number of allylic oxidation sites excluding steroid dienone is 2. The summed E-state index contributed by atoms with van der Waals surface area (Å²) in [5, 5.41) is 11.2. The van der Waals surface area contributed by atoms with Crippen molar-refractivity contribution < 1.29 is 9.84 Å². The Morgan fingerprint density at radius 1 is 0.972 bits per heavy atom. The zero-order valence-corrected chi connectivity index (χ0v) is 23.0. The predicted molar refractivity (Wildman–Crippen MR) is 147 cm³/mol. The van der Waals surface area contributed by atoms with E-state index in [2.05, 4.69) is 63.8 Å². The van der Waals surface area contributed by atoms with Gasteiger partial charge in [-0.2, -0.15) is 0 Å². The molecule has 1 N–H and O–H groups in total. The molecular formula is C34H46O2. The van der Waals surface area contributed by atoms with Gasteiger partial charge in [0.05, 0.1) is 18.3 Å². The maximum Gasteiger partial charge on any atom is 0.0691 e. The summed E-state index contributed by atoms with van der Waals surface area (Å²) in [6, 6.07) is 9.15. The van der Waals surface area contributed by atoms with Crippen molar-refractivity contribution in [2.24, 2.45) is 28.6 Å². The topological polar surface area (TPSA) is 29.5 Å². The molecule has 3 saturated carbocycles. The fraction of sp³-hybridized carbons (Fsp3) is 0.706. The lowest BCUT2D eigenvalue weighted by molar-refractivity contribution is -0.144.